The van der Waals surface area contributed by atoms with Crippen molar-refractivity contribution in [2.24, 2.45) is 0 Å². The molecule has 166 valence electrons. The van der Waals surface area contributed by atoms with Crippen LogP contribution in [0.2, 0.25) is 0 Å². The van der Waals surface area contributed by atoms with E-state index >= 15 is 0 Å². The Balaban J connectivity index is 1.65. The predicted octanol–water partition coefficient (Wildman–Crippen LogP) is 2.65. The summed E-state index contributed by atoms with van der Waals surface area (Å²) in [5.41, 5.74) is 1.12. The van der Waals surface area contributed by atoms with E-state index in [1.54, 1.807) is 30.1 Å². The monoisotopic (exact) mass is 442 g/mol. The maximum absolute atomic E-state index is 13.3. The number of piperazine rings is 1. The van der Waals surface area contributed by atoms with Crippen LogP contribution in [-0.4, -0.2) is 85.3 Å². The number of hydrogen-bond donors (Lipinski definition) is 0. The molecular weight excluding hydrogens is 412 g/mol. The summed E-state index contributed by atoms with van der Waals surface area (Å²) in [5.74, 6) is -0.0880. The lowest BCUT2D eigenvalue weighted by Crippen LogP contribution is -2.51. The number of likely N-dealkylation sites (N-methyl/N-ethyl adjacent to an activating group) is 1. The molecule has 1 aromatic heterocycles. The number of rotatable bonds is 7. The maximum atomic E-state index is 13.3. The largest absolute Gasteiger partial charge is 0.342 e. The molecule has 2 heterocycles. The fourth-order valence-electron chi connectivity index (χ4n) is 3.77. The van der Waals surface area contributed by atoms with Gasteiger partial charge in [0, 0.05) is 46.3 Å². The standard InChI is InChI=1S/C23H30N4O3S/c1-4-26(5-2)21(28)17-25-12-14-27(15-13-25)22(29)18-9-6-7-10-19(18)24(3)23(30)20-11-8-16-31-20/h6-11,16H,4-5,12-15,17H2,1-3H3. The van der Waals surface area contributed by atoms with Crippen LogP contribution in [0.5, 0.6) is 0 Å². The first kappa shape index (κ1) is 23.0. The van der Waals surface area contributed by atoms with Crippen molar-refractivity contribution in [1.29, 1.82) is 0 Å². The van der Waals surface area contributed by atoms with Gasteiger partial charge in [0.2, 0.25) is 5.91 Å². The summed E-state index contributed by atoms with van der Waals surface area (Å²) in [4.78, 5) is 46.3. The van der Waals surface area contributed by atoms with Crippen molar-refractivity contribution in [3.63, 3.8) is 0 Å². The van der Waals surface area contributed by atoms with E-state index in [2.05, 4.69) is 4.90 Å². The molecular formula is C23H30N4O3S. The molecule has 2 aromatic rings. The molecule has 0 spiro atoms. The zero-order valence-electron chi connectivity index (χ0n) is 18.4. The molecule has 1 aliphatic heterocycles. The van der Waals surface area contributed by atoms with Crippen molar-refractivity contribution in [3.8, 4) is 0 Å². The van der Waals surface area contributed by atoms with E-state index in [0.717, 1.165) is 0 Å². The van der Waals surface area contributed by atoms with E-state index in [-0.39, 0.29) is 17.7 Å². The summed E-state index contributed by atoms with van der Waals surface area (Å²) in [6, 6.07) is 10.9. The predicted molar refractivity (Wildman–Crippen MR) is 124 cm³/mol. The maximum Gasteiger partial charge on any atom is 0.268 e. The van der Waals surface area contributed by atoms with Gasteiger partial charge in [-0.05, 0) is 37.4 Å². The molecule has 7 nitrogen and oxygen atoms in total. The molecule has 0 saturated carbocycles. The normalized spacial score (nSPS) is 14.4. The lowest BCUT2D eigenvalue weighted by Gasteiger charge is -2.35. The molecule has 1 aromatic carbocycles. The van der Waals surface area contributed by atoms with E-state index < -0.39 is 0 Å². The summed E-state index contributed by atoms with van der Waals surface area (Å²) in [5, 5.41) is 1.86. The summed E-state index contributed by atoms with van der Waals surface area (Å²) >= 11 is 1.38. The van der Waals surface area contributed by atoms with E-state index in [1.807, 2.05) is 42.3 Å². The molecule has 1 aliphatic rings. The number of amides is 3. The van der Waals surface area contributed by atoms with Gasteiger partial charge >= 0.3 is 0 Å². The van der Waals surface area contributed by atoms with Gasteiger partial charge < -0.3 is 14.7 Å². The van der Waals surface area contributed by atoms with Crippen LogP contribution < -0.4 is 4.90 Å². The Bertz CT molecular complexity index is 903. The van der Waals surface area contributed by atoms with Gasteiger partial charge in [-0.1, -0.05) is 18.2 Å². The number of carbonyl (C=O) groups is 3. The van der Waals surface area contributed by atoms with Crippen molar-refractivity contribution in [2.75, 3.05) is 57.8 Å². The minimum absolute atomic E-state index is 0.0869. The van der Waals surface area contributed by atoms with Gasteiger partial charge in [0.05, 0.1) is 22.7 Å². The molecule has 3 rings (SSSR count). The second kappa shape index (κ2) is 10.5. The zero-order valence-corrected chi connectivity index (χ0v) is 19.2. The topological polar surface area (TPSA) is 64.2 Å². The molecule has 8 heteroatoms. The molecule has 0 N–H and O–H groups in total. The summed E-state index contributed by atoms with van der Waals surface area (Å²) in [6.07, 6.45) is 0. The average Bonchev–Trinajstić information content (AvgIpc) is 3.34. The Morgan fingerprint density at radius 3 is 2.26 bits per heavy atom. The Morgan fingerprint density at radius 2 is 1.65 bits per heavy atom. The molecule has 1 fully saturated rings. The molecule has 0 bridgehead atoms. The minimum atomic E-state index is -0.130. The second-order valence-electron chi connectivity index (χ2n) is 7.49. The molecule has 31 heavy (non-hydrogen) atoms. The Hall–Kier alpha value is -2.71. The fourth-order valence-corrected chi connectivity index (χ4v) is 4.47. The first-order valence-electron chi connectivity index (χ1n) is 10.7. The highest BCUT2D eigenvalue weighted by Crippen LogP contribution is 2.24. The van der Waals surface area contributed by atoms with Gasteiger partial charge in [0.15, 0.2) is 0 Å². The van der Waals surface area contributed by atoms with E-state index in [0.29, 0.717) is 61.9 Å². The van der Waals surface area contributed by atoms with Crippen LogP contribution in [0.15, 0.2) is 41.8 Å². The van der Waals surface area contributed by atoms with E-state index in [9.17, 15) is 14.4 Å². The van der Waals surface area contributed by atoms with Gasteiger partial charge in [-0.25, -0.2) is 0 Å². The summed E-state index contributed by atoms with van der Waals surface area (Å²) in [6.45, 7) is 8.20. The lowest BCUT2D eigenvalue weighted by molar-refractivity contribution is -0.132. The number of benzene rings is 1. The fraction of sp³-hybridized carbons (Fsp3) is 0.435. The molecule has 1 saturated heterocycles. The van der Waals surface area contributed by atoms with Gasteiger partial charge in [0.1, 0.15) is 0 Å². The highest BCUT2D eigenvalue weighted by atomic mass is 32.1. The van der Waals surface area contributed by atoms with Gasteiger partial charge in [-0.15, -0.1) is 11.3 Å². The van der Waals surface area contributed by atoms with Crippen molar-refractivity contribution < 1.29 is 14.4 Å². The number of carbonyl (C=O) groups excluding carboxylic acids is 3. The van der Waals surface area contributed by atoms with Crippen LogP contribution in [-0.2, 0) is 4.79 Å². The van der Waals surface area contributed by atoms with Crippen LogP contribution in [0, 0.1) is 0 Å². The zero-order chi connectivity index (χ0) is 22.4. The van der Waals surface area contributed by atoms with Crippen LogP contribution in [0.25, 0.3) is 0 Å². The van der Waals surface area contributed by atoms with E-state index in [1.165, 1.54) is 16.2 Å². The molecule has 0 aliphatic carbocycles. The SMILES string of the molecule is CCN(CC)C(=O)CN1CCN(C(=O)c2ccccc2N(C)C(=O)c2cccs2)CC1. The second-order valence-corrected chi connectivity index (χ2v) is 8.44. The number of para-hydroxylation sites is 1. The Labute approximate surface area is 187 Å². The van der Waals surface area contributed by atoms with Crippen molar-refractivity contribution in [2.45, 2.75) is 13.8 Å². The van der Waals surface area contributed by atoms with Crippen LogP contribution in [0.4, 0.5) is 5.69 Å². The van der Waals surface area contributed by atoms with Gasteiger partial charge in [-0.2, -0.15) is 0 Å². The molecule has 3 amide bonds. The first-order valence-corrected chi connectivity index (χ1v) is 11.5. The highest BCUT2D eigenvalue weighted by Gasteiger charge is 2.27. The quantitative estimate of drug-likeness (QED) is 0.661. The van der Waals surface area contributed by atoms with Crippen LogP contribution in [0.3, 0.4) is 0 Å². The number of anilines is 1. The first-order chi connectivity index (χ1) is 15.0. The van der Waals surface area contributed by atoms with Crippen molar-refractivity contribution in [3.05, 3.63) is 52.2 Å². The van der Waals surface area contributed by atoms with E-state index in [4.69, 9.17) is 0 Å². The lowest BCUT2D eigenvalue weighted by atomic mass is 10.1. The highest BCUT2D eigenvalue weighted by molar-refractivity contribution is 7.12. The Morgan fingerprint density at radius 1 is 0.968 bits per heavy atom. The van der Waals surface area contributed by atoms with Gasteiger partial charge in [-0.3, -0.25) is 19.3 Å². The smallest absolute Gasteiger partial charge is 0.268 e. The molecule has 0 atom stereocenters. The molecule has 0 unspecified atom stereocenters. The minimum Gasteiger partial charge on any atom is -0.342 e. The third-order valence-corrected chi connectivity index (χ3v) is 6.52. The Kier molecular flexibility index (Phi) is 7.81. The van der Waals surface area contributed by atoms with Crippen LogP contribution >= 0.6 is 11.3 Å². The van der Waals surface area contributed by atoms with Crippen molar-refractivity contribution in [1.82, 2.24) is 14.7 Å². The number of thiophene rings is 1. The van der Waals surface area contributed by atoms with Crippen molar-refractivity contribution >= 4 is 34.7 Å². The van der Waals surface area contributed by atoms with Gasteiger partial charge in [0.25, 0.3) is 11.8 Å². The summed E-state index contributed by atoms with van der Waals surface area (Å²) < 4.78 is 0. The average molecular weight is 443 g/mol. The van der Waals surface area contributed by atoms with Crippen LogP contribution in [0.1, 0.15) is 33.9 Å². The number of nitrogens with zero attached hydrogens (tertiary/aromatic N) is 4. The summed E-state index contributed by atoms with van der Waals surface area (Å²) in [7, 11) is 1.70. The third-order valence-electron chi connectivity index (χ3n) is 5.67. The third kappa shape index (κ3) is 5.32. The number of hydrogen-bond acceptors (Lipinski definition) is 5. The molecule has 0 radical (unpaired) electrons.